The van der Waals surface area contributed by atoms with Crippen molar-refractivity contribution in [3.63, 3.8) is 0 Å². The van der Waals surface area contributed by atoms with Gasteiger partial charge in [0.05, 0.1) is 12.2 Å². The Morgan fingerprint density at radius 1 is 1.19 bits per heavy atom. The number of thiazole rings is 1. The number of nitrogens with zero attached hydrogens (tertiary/aromatic N) is 3. The van der Waals surface area contributed by atoms with Gasteiger partial charge in [0.2, 0.25) is 5.89 Å². The van der Waals surface area contributed by atoms with E-state index < -0.39 is 0 Å². The second-order valence-electron chi connectivity index (χ2n) is 4.48. The molecule has 5 nitrogen and oxygen atoms in total. The van der Waals surface area contributed by atoms with Gasteiger partial charge in [0.1, 0.15) is 10.8 Å². The number of aryl methyl sites for hydroxylation is 1. The molecule has 0 aliphatic heterocycles. The van der Waals surface area contributed by atoms with Gasteiger partial charge in [-0.25, -0.2) is 9.37 Å². The van der Waals surface area contributed by atoms with E-state index >= 15 is 0 Å². The van der Waals surface area contributed by atoms with Crippen molar-refractivity contribution in [2.24, 2.45) is 0 Å². The summed E-state index contributed by atoms with van der Waals surface area (Å²) in [5.41, 5.74) is 1.85. The molecule has 0 bridgehead atoms. The molecule has 2 heterocycles. The number of halogens is 1. The highest BCUT2D eigenvalue weighted by Crippen LogP contribution is 2.23. The van der Waals surface area contributed by atoms with Gasteiger partial charge >= 0.3 is 0 Å². The minimum Gasteiger partial charge on any atom is -0.340 e. The third-order valence-electron chi connectivity index (χ3n) is 2.80. The number of rotatable bonds is 5. The first kappa shape index (κ1) is 13.8. The number of benzene rings is 1. The zero-order valence-corrected chi connectivity index (χ0v) is 12.2. The van der Waals surface area contributed by atoms with E-state index in [1.165, 1.54) is 23.5 Å². The highest BCUT2D eigenvalue weighted by Gasteiger charge is 2.06. The van der Waals surface area contributed by atoms with Crippen molar-refractivity contribution < 1.29 is 8.91 Å². The molecule has 0 atom stereocenters. The first-order valence-electron chi connectivity index (χ1n) is 6.41. The Balaban J connectivity index is 1.59. The van der Waals surface area contributed by atoms with Crippen LogP contribution in [0, 0.1) is 12.7 Å². The van der Waals surface area contributed by atoms with Crippen LogP contribution in [0.2, 0.25) is 0 Å². The average molecular weight is 304 g/mol. The largest absolute Gasteiger partial charge is 0.340 e. The van der Waals surface area contributed by atoms with Crippen molar-refractivity contribution in [3.05, 3.63) is 52.9 Å². The summed E-state index contributed by atoms with van der Waals surface area (Å²) in [6.07, 6.45) is 0. The summed E-state index contributed by atoms with van der Waals surface area (Å²) in [5.74, 6) is 0.938. The predicted molar refractivity (Wildman–Crippen MR) is 77.1 cm³/mol. The maximum absolute atomic E-state index is 12.9. The molecule has 7 heteroatoms. The summed E-state index contributed by atoms with van der Waals surface area (Å²) in [4.78, 5) is 8.63. The molecule has 0 saturated carbocycles. The van der Waals surface area contributed by atoms with E-state index in [0.717, 1.165) is 16.3 Å². The van der Waals surface area contributed by atoms with Crippen LogP contribution in [0.25, 0.3) is 10.6 Å². The number of hydrogen-bond acceptors (Lipinski definition) is 6. The molecule has 0 aliphatic carbocycles. The van der Waals surface area contributed by atoms with Crippen molar-refractivity contribution in [2.45, 2.75) is 20.0 Å². The van der Waals surface area contributed by atoms with Crippen molar-refractivity contribution >= 4 is 11.3 Å². The van der Waals surface area contributed by atoms with Crippen LogP contribution < -0.4 is 5.32 Å². The molecular weight excluding hydrogens is 291 g/mol. The van der Waals surface area contributed by atoms with Crippen molar-refractivity contribution in [2.75, 3.05) is 0 Å². The van der Waals surface area contributed by atoms with Crippen LogP contribution in [0.4, 0.5) is 4.39 Å². The highest BCUT2D eigenvalue weighted by atomic mass is 32.1. The Kier molecular flexibility index (Phi) is 4.03. The number of nitrogens with one attached hydrogen (secondary N) is 1. The molecule has 0 fully saturated rings. The molecule has 1 aromatic carbocycles. The zero-order valence-electron chi connectivity index (χ0n) is 11.3. The number of aromatic nitrogens is 3. The van der Waals surface area contributed by atoms with Gasteiger partial charge in [0.15, 0.2) is 5.82 Å². The second-order valence-corrected chi connectivity index (χ2v) is 5.34. The van der Waals surface area contributed by atoms with Crippen molar-refractivity contribution in [1.29, 1.82) is 0 Å². The summed E-state index contributed by atoms with van der Waals surface area (Å²) in [6, 6.07) is 6.33. The van der Waals surface area contributed by atoms with E-state index in [4.69, 9.17) is 4.52 Å². The maximum atomic E-state index is 12.9. The maximum Gasteiger partial charge on any atom is 0.223 e. The van der Waals surface area contributed by atoms with Crippen LogP contribution in [0.1, 0.15) is 17.4 Å². The van der Waals surface area contributed by atoms with Gasteiger partial charge in [0, 0.05) is 24.4 Å². The first-order chi connectivity index (χ1) is 10.2. The molecule has 0 unspecified atom stereocenters. The smallest absolute Gasteiger partial charge is 0.223 e. The molecule has 0 radical (unpaired) electrons. The van der Waals surface area contributed by atoms with Crippen LogP contribution in [0.3, 0.4) is 0 Å². The molecule has 108 valence electrons. The van der Waals surface area contributed by atoms with Crippen LogP contribution >= 0.6 is 11.3 Å². The standard InChI is InChI=1S/C14H13FN4OS/c1-9-17-13(19-20-9)7-16-6-12-8-21-14(18-12)10-2-4-11(15)5-3-10/h2-5,8,16H,6-7H2,1H3. The first-order valence-corrected chi connectivity index (χ1v) is 7.29. The summed E-state index contributed by atoms with van der Waals surface area (Å²) < 4.78 is 17.8. The molecule has 2 aromatic heterocycles. The fraction of sp³-hybridized carbons (Fsp3) is 0.214. The van der Waals surface area contributed by atoms with E-state index in [-0.39, 0.29) is 5.82 Å². The molecule has 0 amide bonds. The van der Waals surface area contributed by atoms with Crippen LogP contribution in [-0.4, -0.2) is 15.1 Å². The average Bonchev–Trinajstić information content (AvgIpc) is 3.09. The Bertz CT molecular complexity index is 723. The highest BCUT2D eigenvalue weighted by molar-refractivity contribution is 7.13. The fourth-order valence-electron chi connectivity index (χ4n) is 1.83. The number of hydrogen-bond donors (Lipinski definition) is 1. The Hall–Kier alpha value is -2.12. The van der Waals surface area contributed by atoms with E-state index in [2.05, 4.69) is 20.4 Å². The molecule has 3 aromatic rings. The van der Waals surface area contributed by atoms with Gasteiger partial charge in [-0.1, -0.05) is 5.16 Å². The summed E-state index contributed by atoms with van der Waals surface area (Å²) >= 11 is 1.54. The van der Waals surface area contributed by atoms with Crippen LogP contribution in [0.15, 0.2) is 34.2 Å². The lowest BCUT2D eigenvalue weighted by Crippen LogP contribution is -2.13. The van der Waals surface area contributed by atoms with E-state index in [1.807, 2.05) is 5.38 Å². The summed E-state index contributed by atoms with van der Waals surface area (Å²) in [5, 5.41) is 9.87. The Labute approximate surface area is 124 Å². The van der Waals surface area contributed by atoms with E-state index in [9.17, 15) is 4.39 Å². The lowest BCUT2D eigenvalue weighted by molar-refractivity contribution is 0.385. The third kappa shape index (κ3) is 3.50. The second kappa shape index (κ2) is 6.11. The lowest BCUT2D eigenvalue weighted by atomic mass is 10.2. The molecule has 0 spiro atoms. The van der Waals surface area contributed by atoms with Crippen LogP contribution in [0.5, 0.6) is 0 Å². The lowest BCUT2D eigenvalue weighted by Gasteiger charge is -1.98. The monoisotopic (exact) mass is 304 g/mol. The SMILES string of the molecule is Cc1nc(CNCc2csc(-c3ccc(F)cc3)n2)no1. The third-order valence-corrected chi connectivity index (χ3v) is 3.74. The van der Waals surface area contributed by atoms with Gasteiger partial charge in [0.25, 0.3) is 0 Å². The zero-order chi connectivity index (χ0) is 14.7. The summed E-state index contributed by atoms with van der Waals surface area (Å²) in [6.45, 7) is 2.90. The van der Waals surface area contributed by atoms with Crippen molar-refractivity contribution in [3.8, 4) is 10.6 Å². The molecule has 0 aliphatic rings. The topological polar surface area (TPSA) is 63.8 Å². The van der Waals surface area contributed by atoms with Gasteiger partial charge < -0.3 is 9.84 Å². The predicted octanol–water partition coefficient (Wildman–Crippen LogP) is 2.93. The van der Waals surface area contributed by atoms with E-state index in [0.29, 0.717) is 24.8 Å². The van der Waals surface area contributed by atoms with Gasteiger partial charge in [-0.15, -0.1) is 11.3 Å². The molecule has 0 saturated heterocycles. The van der Waals surface area contributed by atoms with Gasteiger partial charge in [-0.05, 0) is 24.3 Å². The van der Waals surface area contributed by atoms with E-state index in [1.54, 1.807) is 19.1 Å². The van der Waals surface area contributed by atoms with Crippen LogP contribution in [-0.2, 0) is 13.1 Å². The molecular formula is C14H13FN4OS. The Morgan fingerprint density at radius 2 is 2.00 bits per heavy atom. The van der Waals surface area contributed by atoms with Gasteiger partial charge in [-0.3, -0.25) is 0 Å². The summed E-state index contributed by atoms with van der Waals surface area (Å²) in [7, 11) is 0. The van der Waals surface area contributed by atoms with Gasteiger partial charge in [-0.2, -0.15) is 4.98 Å². The quantitative estimate of drug-likeness (QED) is 0.785. The Morgan fingerprint density at radius 3 is 2.71 bits per heavy atom. The normalized spacial score (nSPS) is 11.0. The minimum absolute atomic E-state index is 0.243. The minimum atomic E-state index is -0.243. The molecule has 1 N–H and O–H groups in total. The molecule has 3 rings (SSSR count). The fourth-order valence-corrected chi connectivity index (χ4v) is 2.65. The molecule has 21 heavy (non-hydrogen) atoms. The van der Waals surface area contributed by atoms with Crippen molar-refractivity contribution in [1.82, 2.24) is 20.4 Å².